The molecule has 0 atom stereocenters. The molecule has 1 aliphatic rings. The van der Waals surface area contributed by atoms with Crippen LogP contribution in [0.3, 0.4) is 0 Å². The van der Waals surface area contributed by atoms with Crippen molar-refractivity contribution in [3.63, 3.8) is 0 Å². The molecular formula is C13H21ClN4. The maximum atomic E-state index is 5.98. The Balaban J connectivity index is 1.96. The van der Waals surface area contributed by atoms with Crippen molar-refractivity contribution in [2.45, 2.75) is 20.8 Å². The standard InChI is InChI=1S/C13H21ClN4/c1-10(2)9-17-4-6-18(7-5-17)13-8-12(14)15-11(3)16-13/h8,10H,4-7,9H2,1-3H3. The first-order valence-corrected chi connectivity index (χ1v) is 6.91. The van der Waals surface area contributed by atoms with E-state index in [0.717, 1.165) is 43.7 Å². The highest BCUT2D eigenvalue weighted by atomic mass is 35.5. The molecule has 2 heterocycles. The quantitative estimate of drug-likeness (QED) is 0.787. The second-order valence-electron chi connectivity index (χ2n) is 5.28. The first kappa shape index (κ1) is 13.6. The third-order valence-corrected chi connectivity index (χ3v) is 3.31. The lowest BCUT2D eigenvalue weighted by Crippen LogP contribution is -2.47. The lowest BCUT2D eigenvalue weighted by Gasteiger charge is -2.36. The number of hydrogen-bond acceptors (Lipinski definition) is 4. The molecular weight excluding hydrogens is 248 g/mol. The first-order valence-electron chi connectivity index (χ1n) is 6.53. The second kappa shape index (κ2) is 5.85. The molecule has 100 valence electrons. The smallest absolute Gasteiger partial charge is 0.134 e. The van der Waals surface area contributed by atoms with Gasteiger partial charge in [0.2, 0.25) is 0 Å². The van der Waals surface area contributed by atoms with Crippen LogP contribution in [-0.2, 0) is 0 Å². The summed E-state index contributed by atoms with van der Waals surface area (Å²) in [5, 5.41) is 0.530. The maximum absolute atomic E-state index is 5.98. The average molecular weight is 269 g/mol. The van der Waals surface area contributed by atoms with Crippen LogP contribution in [0.5, 0.6) is 0 Å². The number of halogens is 1. The van der Waals surface area contributed by atoms with E-state index in [9.17, 15) is 0 Å². The molecule has 0 aromatic carbocycles. The molecule has 18 heavy (non-hydrogen) atoms. The van der Waals surface area contributed by atoms with Gasteiger partial charge in [-0.3, -0.25) is 4.90 Å². The predicted molar refractivity (Wildman–Crippen MR) is 75.3 cm³/mol. The number of rotatable bonds is 3. The zero-order valence-corrected chi connectivity index (χ0v) is 12.1. The van der Waals surface area contributed by atoms with E-state index in [4.69, 9.17) is 11.6 Å². The van der Waals surface area contributed by atoms with Crippen LogP contribution in [0.2, 0.25) is 5.15 Å². The Hall–Kier alpha value is -0.870. The van der Waals surface area contributed by atoms with Gasteiger partial charge in [-0.05, 0) is 12.8 Å². The van der Waals surface area contributed by atoms with Gasteiger partial charge in [0.15, 0.2) is 0 Å². The first-order chi connectivity index (χ1) is 8.54. The van der Waals surface area contributed by atoms with Crippen molar-refractivity contribution in [2.24, 2.45) is 5.92 Å². The van der Waals surface area contributed by atoms with Gasteiger partial charge in [0, 0.05) is 38.8 Å². The van der Waals surface area contributed by atoms with Gasteiger partial charge in [-0.25, -0.2) is 9.97 Å². The topological polar surface area (TPSA) is 32.3 Å². The van der Waals surface area contributed by atoms with Crippen LogP contribution in [0.15, 0.2) is 6.07 Å². The van der Waals surface area contributed by atoms with Crippen molar-refractivity contribution in [1.29, 1.82) is 0 Å². The molecule has 0 spiro atoms. The van der Waals surface area contributed by atoms with Crippen LogP contribution < -0.4 is 4.90 Å². The highest BCUT2D eigenvalue weighted by Gasteiger charge is 2.19. The summed E-state index contributed by atoms with van der Waals surface area (Å²) in [6.45, 7) is 11.8. The molecule has 4 nitrogen and oxygen atoms in total. The van der Waals surface area contributed by atoms with Gasteiger partial charge in [-0.1, -0.05) is 25.4 Å². The Morgan fingerprint density at radius 3 is 2.44 bits per heavy atom. The molecule has 0 N–H and O–H groups in total. The van der Waals surface area contributed by atoms with Crippen LogP contribution in [0.1, 0.15) is 19.7 Å². The molecule has 0 radical (unpaired) electrons. The van der Waals surface area contributed by atoms with Gasteiger partial charge in [-0.15, -0.1) is 0 Å². The molecule has 5 heteroatoms. The minimum atomic E-state index is 0.530. The highest BCUT2D eigenvalue weighted by molar-refractivity contribution is 6.29. The van der Waals surface area contributed by atoms with Crippen molar-refractivity contribution in [2.75, 3.05) is 37.6 Å². The number of nitrogens with zero attached hydrogens (tertiary/aromatic N) is 4. The fraction of sp³-hybridized carbons (Fsp3) is 0.692. The summed E-state index contributed by atoms with van der Waals surface area (Å²) in [4.78, 5) is 13.4. The summed E-state index contributed by atoms with van der Waals surface area (Å²) in [5.41, 5.74) is 0. The Morgan fingerprint density at radius 2 is 1.89 bits per heavy atom. The van der Waals surface area contributed by atoms with Crippen molar-refractivity contribution < 1.29 is 0 Å². The number of hydrogen-bond donors (Lipinski definition) is 0. The third kappa shape index (κ3) is 3.56. The van der Waals surface area contributed by atoms with E-state index in [1.807, 2.05) is 13.0 Å². The molecule has 2 rings (SSSR count). The maximum Gasteiger partial charge on any atom is 0.134 e. The zero-order valence-electron chi connectivity index (χ0n) is 11.4. The Bertz CT molecular complexity index is 380. The lowest BCUT2D eigenvalue weighted by molar-refractivity contribution is 0.231. The van der Waals surface area contributed by atoms with Gasteiger partial charge in [-0.2, -0.15) is 0 Å². The van der Waals surface area contributed by atoms with E-state index in [1.165, 1.54) is 6.54 Å². The molecule has 1 aromatic rings. The van der Waals surface area contributed by atoms with Crippen LogP contribution in [0, 0.1) is 12.8 Å². The Kier molecular flexibility index (Phi) is 4.40. The van der Waals surface area contributed by atoms with E-state index < -0.39 is 0 Å². The molecule has 0 unspecified atom stereocenters. The molecule has 1 saturated heterocycles. The van der Waals surface area contributed by atoms with E-state index in [-0.39, 0.29) is 0 Å². The van der Waals surface area contributed by atoms with Gasteiger partial charge >= 0.3 is 0 Å². The molecule has 0 saturated carbocycles. The molecule has 0 aliphatic carbocycles. The van der Waals surface area contributed by atoms with Gasteiger partial charge < -0.3 is 4.90 Å². The molecule has 0 bridgehead atoms. The molecule has 1 aromatic heterocycles. The largest absolute Gasteiger partial charge is 0.354 e. The number of anilines is 1. The van der Waals surface area contributed by atoms with Crippen LogP contribution in [0.25, 0.3) is 0 Å². The monoisotopic (exact) mass is 268 g/mol. The van der Waals surface area contributed by atoms with Gasteiger partial charge in [0.25, 0.3) is 0 Å². The summed E-state index contributed by atoms with van der Waals surface area (Å²) in [7, 11) is 0. The Labute approximate surface area is 114 Å². The fourth-order valence-corrected chi connectivity index (χ4v) is 2.57. The van der Waals surface area contributed by atoms with Crippen molar-refractivity contribution in [3.05, 3.63) is 17.0 Å². The minimum absolute atomic E-state index is 0.530. The predicted octanol–water partition coefficient (Wildman–Crippen LogP) is 2.22. The zero-order chi connectivity index (χ0) is 13.1. The summed E-state index contributed by atoms with van der Waals surface area (Å²) < 4.78 is 0. The SMILES string of the molecule is Cc1nc(Cl)cc(N2CCN(CC(C)C)CC2)n1. The summed E-state index contributed by atoms with van der Waals surface area (Å²) in [6, 6.07) is 1.85. The van der Waals surface area contributed by atoms with Gasteiger partial charge in [0.1, 0.15) is 16.8 Å². The van der Waals surface area contributed by atoms with E-state index >= 15 is 0 Å². The molecule has 1 aliphatic heterocycles. The van der Waals surface area contributed by atoms with Crippen LogP contribution in [0.4, 0.5) is 5.82 Å². The van der Waals surface area contributed by atoms with Crippen LogP contribution >= 0.6 is 11.6 Å². The summed E-state index contributed by atoms with van der Waals surface area (Å²) >= 11 is 5.98. The van der Waals surface area contributed by atoms with Gasteiger partial charge in [0.05, 0.1) is 0 Å². The highest BCUT2D eigenvalue weighted by Crippen LogP contribution is 2.17. The minimum Gasteiger partial charge on any atom is -0.354 e. The lowest BCUT2D eigenvalue weighted by atomic mass is 10.2. The number of piperazine rings is 1. The van der Waals surface area contributed by atoms with E-state index in [1.54, 1.807) is 0 Å². The summed E-state index contributed by atoms with van der Waals surface area (Å²) in [5.74, 6) is 2.42. The molecule has 1 fully saturated rings. The fourth-order valence-electron chi connectivity index (χ4n) is 2.35. The Morgan fingerprint density at radius 1 is 1.22 bits per heavy atom. The van der Waals surface area contributed by atoms with E-state index in [2.05, 4.69) is 33.6 Å². The average Bonchev–Trinajstić information content (AvgIpc) is 2.27. The van der Waals surface area contributed by atoms with Crippen molar-refractivity contribution in [1.82, 2.24) is 14.9 Å². The number of aryl methyl sites for hydroxylation is 1. The third-order valence-electron chi connectivity index (χ3n) is 3.11. The second-order valence-corrected chi connectivity index (χ2v) is 5.66. The summed E-state index contributed by atoms with van der Waals surface area (Å²) in [6.07, 6.45) is 0. The van der Waals surface area contributed by atoms with Crippen LogP contribution in [-0.4, -0.2) is 47.6 Å². The molecule has 0 amide bonds. The van der Waals surface area contributed by atoms with Crippen molar-refractivity contribution >= 4 is 17.4 Å². The number of aromatic nitrogens is 2. The normalized spacial score (nSPS) is 17.5. The van der Waals surface area contributed by atoms with Crippen molar-refractivity contribution in [3.8, 4) is 0 Å². The van der Waals surface area contributed by atoms with E-state index in [0.29, 0.717) is 5.15 Å².